The summed E-state index contributed by atoms with van der Waals surface area (Å²) in [4.78, 5) is 22.7. The van der Waals surface area contributed by atoms with Crippen LogP contribution in [-0.4, -0.2) is 32.8 Å². The predicted molar refractivity (Wildman–Crippen MR) is 167 cm³/mol. The Balaban J connectivity index is 1.15. The number of carbonyl (C=O) groups excluding carboxylic acids is 1. The van der Waals surface area contributed by atoms with Crippen molar-refractivity contribution in [3.63, 3.8) is 0 Å². The number of nitrogens with one attached hydrogen (secondary N) is 1. The number of hydrogen-bond acceptors (Lipinski definition) is 7. The van der Waals surface area contributed by atoms with Crippen LogP contribution in [0.5, 0.6) is 0 Å². The summed E-state index contributed by atoms with van der Waals surface area (Å²) in [7, 11) is 0. The summed E-state index contributed by atoms with van der Waals surface area (Å²) in [6.07, 6.45) is 0.736. The maximum Gasteiger partial charge on any atom is 0.271 e. The lowest BCUT2D eigenvalue weighted by atomic mass is 9.91. The lowest BCUT2D eigenvalue weighted by molar-refractivity contribution is -0.268. The molecule has 8 heteroatoms. The number of fused-ring (bicyclic) bond motifs is 1. The van der Waals surface area contributed by atoms with E-state index in [0.29, 0.717) is 12.1 Å². The van der Waals surface area contributed by atoms with E-state index in [0.717, 1.165) is 33.5 Å². The molecule has 1 aromatic heterocycles. The van der Waals surface area contributed by atoms with Gasteiger partial charge in [-0.3, -0.25) is 9.78 Å². The number of rotatable bonds is 9. The van der Waals surface area contributed by atoms with Gasteiger partial charge < -0.3 is 19.9 Å². The lowest BCUT2D eigenvalue weighted by Gasteiger charge is -2.41. The molecular weight excluding hydrogens is 558 g/mol. The first-order chi connectivity index (χ1) is 21.1. The fourth-order valence-electron chi connectivity index (χ4n) is 5.14. The standard InChI is InChI=1S/C35H33N3O4S/c1-23-32(22-43-28-7-3-2-4-8-28)41-35(42-33(23)26-15-13-25(21-39)14-16-26)27-17-11-24(12-18-27)19-37-34(40)31-20-36-29-9-5-6-10-30(29)38-31/h2-18,20,23,32-33,35,39H,19,21-22H2,1H3,(H,37,40)/t23-,32+,33+,35+/m0/s1. The first-order valence-electron chi connectivity index (χ1n) is 14.3. The van der Waals surface area contributed by atoms with Crippen LogP contribution < -0.4 is 5.32 Å². The minimum atomic E-state index is -0.545. The number of benzene rings is 4. The van der Waals surface area contributed by atoms with Crippen LogP contribution in [0.25, 0.3) is 11.0 Å². The fraction of sp³-hybridized carbons (Fsp3) is 0.229. The molecule has 2 heterocycles. The summed E-state index contributed by atoms with van der Waals surface area (Å²) < 4.78 is 13.1. The Kier molecular flexibility index (Phi) is 9.10. The highest BCUT2D eigenvalue weighted by atomic mass is 32.2. The molecule has 0 radical (unpaired) electrons. The van der Waals surface area contributed by atoms with Gasteiger partial charge in [0.2, 0.25) is 0 Å². The van der Waals surface area contributed by atoms with Crippen LogP contribution in [0.4, 0.5) is 0 Å². The number of nitrogens with zero attached hydrogens (tertiary/aromatic N) is 2. The molecule has 218 valence electrons. The molecule has 0 spiro atoms. The fourth-order valence-corrected chi connectivity index (χ4v) is 6.23. The molecule has 0 bridgehead atoms. The Labute approximate surface area is 255 Å². The normalized spacial score (nSPS) is 20.1. The summed E-state index contributed by atoms with van der Waals surface area (Å²) in [5, 5.41) is 12.4. The molecule has 1 fully saturated rings. The van der Waals surface area contributed by atoms with Crippen molar-refractivity contribution in [2.75, 3.05) is 5.75 Å². The zero-order valence-corrected chi connectivity index (χ0v) is 24.6. The van der Waals surface area contributed by atoms with Crippen molar-refractivity contribution < 1.29 is 19.4 Å². The summed E-state index contributed by atoms with van der Waals surface area (Å²) in [5.74, 6) is 0.627. The van der Waals surface area contributed by atoms with E-state index in [1.54, 1.807) is 11.8 Å². The summed E-state index contributed by atoms with van der Waals surface area (Å²) in [6, 6.07) is 33.7. The van der Waals surface area contributed by atoms with E-state index in [9.17, 15) is 9.90 Å². The molecule has 0 unspecified atom stereocenters. The van der Waals surface area contributed by atoms with Crippen molar-refractivity contribution in [1.82, 2.24) is 15.3 Å². The zero-order chi connectivity index (χ0) is 29.6. The number of ether oxygens (including phenoxy) is 2. The van der Waals surface area contributed by atoms with Gasteiger partial charge in [0.25, 0.3) is 5.91 Å². The van der Waals surface area contributed by atoms with Gasteiger partial charge in [-0.2, -0.15) is 0 Å². The quantitative estimate of drug-likeness (QED) is 0.186. The molecule has 1 aliphatic heterocycles. The van der Waals surface area contributed by atoms with Crippen molar-refractivity contribution in [2.24, 2.45) is 5.92 Å². The number of hydrogen-bond donors (Lipinski definition) is 2. The number of aliphatic hydroxyl groups is 1. The minimum absolute atomic E-state index is 0.00585. The zero-order valence-electron chi connectivity index (χ0n) is 23.8. The van der Waals surface area contributed by atoms with E-state index < -0.39 is 6.29 Å². The Hall–Kier alpha value is -4.08. The number of aliphatic hydroxyl groups excluding tert-OH is 1. The van der Waals surface area contributed by atoms with E-state index in [-0.39, 0.29) is 36.3 Å². The number of carbonyl (C=O) groups is 1. The van der Waals surface area contributed by atoms with Gasteiger partial charge in [-0.05, 0) is 41.0 Å². The predicted octanol–water partition coefficient (Wildman–Crippen LogP) is 6.64. The Morgan fingerprint density at radius 2 is 1.51 bits per heavy atom. The van der Waals surface area contributed by atoms with Crippen LogP contribution in [0.1, 0.15) is 52.1 Å². The van der Waals surface area contributed by atoms with Crippen molar-refractivity contribution >= 4 is 28.7 Å². The lowest BCUT2D eigenvalue weighted by Crippen LogP contribution is -2.38. The molecule has 7 nitrogen and oxygen atoms in total. The molecule has 1 amide bonds. The largest absolute Gasteiger partial charge is 0.392 e. The third-order valence-corrected chi connectivity index (χ3v) is 8.77. The molecule has 4 aromatic carbocycles. The van der Waals surface area contributed by atoms with Gasteiger partial charge in [0.1, 0.15) is 5.69 Å². The van der Waals surface area contributed by atoms with Crippen molar-refractivity contribution in [3.05, 3.63) is 137 Å². The molecule has 2 N–H and O–H groups in total. The highest BCUT2D eigenvalue weighted by molar-refractivity contribution is 7.99. The van der Waals surface area contributed by atoms with Crippen LogP contribution in [-0.2, 0) is 22.6 Å². The molecule has 0 saturated carbocycles. The first kappa shape index (κ1) is 29.0. The van der Waals surface area contributed by atoms with Crippen LogP contribution in [0.3, 0.4) is 0 Å². The minimum Gasteiger partial charge on any atom is -0.392 e. The Morgan fingerprint density at radius 1 is 0.837 bits per heavy atom. The number of thioether (sulfide) groups is 1. The second-order valence-corrected chi connectivity index (χ2v) is 11.7. The molecule has 1 aliphatic rings. The van der Waals surface area contributed by atoms with Gasteiger partial charge in [0.15, 0.2) is 6.29 Å². The average molecular weight is 592 g/mol. The maximum atomic E-state index is 12.7. The van der Waals surface area contributed by atoms with Crippen LogP contribution >= 0.6 is 11.8 Å². The summed E-state index contributed by atoms with van der Waals surface area (Å²) in [6.45, 7) is 2.53. The average Bonchev–Trinajstić information content (AvgIpc) is 3.07. The molecular formula is C35H33N3O4S. The number of amides is 1. The van der Waals surface area contributed by atoms with E-state index >= 15 is 0 Å². The van der Waals surface area contributed by atoms with Crippen LogP contribution in [0.15, 0.2) is 114 Å². The van der Waals surface area contributed by atoms with Gasteiger partial charge in [-0.15, -0.1) is 11.8 Å². The molecule has 6 rings (SSSR count). The van der Waals surface area contributed by atoms with E-state index in [2.05, 4.69) is 34.3 Å². The second kappa shape index (κ2) is 13.5. The van der Waals surface area contributed by atoms with Gasteiger partial charge in [0.05, 0.1) is 36.0 Å². The van der Waals surface area contributed by atoms with Gasteiger partial charge >= 0.3 is 0 Å². The highest BCUT2D eigenvalue weighted by Crippen LogP contribution is 2.43. The second-order valence-electron chi connectivity index (χ2n) is 10.6. The van der Waals surface area contributed by atoms with Crippen LogP contribution in [0, 0.1) is 5.92 Å². The van der Waals surface area contributed by atoms with Gasteiger partial charge in [-0.1, -0.05) is 85.8 Å². The maximum absolute atomic E-state index is 12.7. The summed E-state index contributed by atoms with van der Waals surface area (Å²) >= 11 is 1.78. The third-order valence-electron chi connectivity index (χ3n) is 7.67. The Morgan fingerprint density at radius 3 is 2.26 bits per heavy atom. The van der Waals surface area contributed by atoms with Gasteiger partial charge in [-0.25, -0.2) is 4.98 Å². The smallest absolute Gasteiger partial charge is 0.271 e. The van der Waals surface area contributed by atoms with Crippen molar-refractivity contribution in [1.29, 1.82) is 0 Å². The Bertz CT molecular complexity index is 1670. The van der Waals surface area contributed by atoms with Crippen LogP contribution in [0.2, 0.25) is 0 Å². The summed E-state index contributed by atoms with van der Waals surface area (Å²) in [5.41, 5.74) is 5.50. The topological polar surface area (TPSA) is 93.6 Å². The highest BCUT2D eigenvalue weighted by Gasteiger charge is 2.38. The SMILES string of the molecule is C[C@H]1[C@@H](CSc2ccccc2)O[C@@H](c2ccc(CNC(=O)c3cnc4ccccc4n3)cc2)O[C@H]1c1ccc(CO)cc1. The van der Waals surface area contributed by atoms with Crippen molar-refractivity contribution in [2.45, 2.75) is 43.5 Å². The third kappa shape index (κ3) is 6.95. The molecule has 5 aromatic rings. The molecule has 43 heavy (non-hydrogen) atoms. The van der Waals surface area contributed by atoms with Crippen molar-refractivity contribution in [3.8, 4) is 0 Å². The number of para-hydroxylation sites is 2. The molecule has 4 atom stereocenters. The van der Waals surface area contributed by atoms with E-state index in [1.807, 2.05) is 91.0 Å². The van der Waals surface area contributed by atoms with E-state index in [4.69, 9.17) is 9.47 Å². The molecule has 1 saturated heterocycles. The first-order valence-corrected chi connectivity index (χ1v) is 15.3. The monoisotopic (exact) mass is 591 g/mol. The van der Waals surface area contributed by atoms with Gasteiger partial charge in [0, 0.05) is 28.7 Å². The van der Waals surface area contributed by atoms with E-state index in [1.165, 1.54) is 11.1 Å². The molecule has 0 aliphatic carbocycles. The number of aromatic nitrogens is 2.